The van der Waals surface area contributed by atoms with Crippen molar-refractivity contribution in [1.82, 2.24) is 0 Å². The fourth-order valence-corrected chi connectivity index (χ4v) is 3.09. The number of benzene rings is 2. The van der Waals surface area contributed by atoms with Crippen molar-refractivity contribution in [3.05, 3.63) is 77.7 Å². The maximum Gasteiger partial charge on any atom is 0.0370 e. The molecule has 0 heterocycles. The average Bonchev–Trinajstić information content (AvgIpc) is 2.95. The van der Waals surface area contributed by atoms with E-state index in [1.165, 1.54) is 36.8 Å². The van der Waals surface area contributed by atoms with E-state index in [-0.39, 0.29) is 0 Å². The van der Waals surface area contributed by atoms with E-state index in [2.05, 4.69) is 60.7 Å². The van der Waals surface area contributed by atoms with Crippen LogP contribution in [0.1, 0.15) is 36.8 Å². The first-order valence-electron chi connectivity index (χ1n) is 6.93. The quantitative estimate of drug-likeness (QED) is 0.713. The Kier molecular flexibility index (Phi) is 3.45. The molecule has 18 heavy (non-hydrogen) atoms. The van der Waals surface area contributed by atoms with Gasteiger partial charge in [-0.15, -0.1) is 0 Å². The number of rotatable bonds is 3. The van der Waals surface area contributed by atoms with Gasteiger partial charge in [-0.2, -0.15) is 0 Å². The second-order valence-electron chi connectivity index (χ2n) is 5.13. The third-order valence-electron chi connectivity index (χ3n) is 3.93. The maximum absolute atomic E-state index is 2.25. The van der Waals surface area contributed by atoms with Gasteiger partial charge < -0.3 is 0 Å². The zero-order valence-corrected chi connectivity index (χ0v) is 10.7. The Labute approximate surface area is 110 Å². The molecule has 0 nitrogen and oxygen atoms in total. The summed E-state index contributed by atoms with van der Waals surface area (Å²) in [6.45, 7) is 0. The van der Waals surface area contributed by atoms with E-state index in [1.807, 2.05) is 0 Å². The molecule has 91 valence electrons. The molecule has 0 spiro atoms. The van der Waals surface area contributed by atoms with Gasteiger partial charge in [-0.25, -0.2) is 0 Å². The Morgan fingerprint density at radius 1 is 0.667 bits per heavy atom. The molecule has 0 N–H and O–H groups in total. The molecule has 2 aromatic carbocycles. The summed E-state index contributed by atoms with van der Waals surface area (Å²) in [7, 11) is 0. The van der Waals surface area contributed by atoms with Crippen molar-refractivity contribution in [3.8, 4) is 0 Å². The zero-order valence-electron chi connectivity index (χ0n) is 10.7. The van der Waals surface area contributed by atoms with Crippen LogP contribution in [-0.2, 0) is 0 Å². The predicted molar refractivity (Wildman–Crippen MR) is 76.3 cm³/mol. The van der Waals surface area contributed by atoms with Crippen LogP contribution in [-0.4, -0.2) is 0 Å². The van der Waals surface area contributed by atoms with E-state index in [4.69, 9.17) is 0 Å². The highest BCUT2D eigenvalue weighted by molar-refractivity contribution is 5.46. The van der Waals surface area contributed by atoms with Crippen molar-refractivity contribution in [2.75, 3.05) is 0 Å². The van der Waals surface area contributed by atoms with Gasteiger partial charge in [0.25, 0.3) is 0 Å². The summed E-state index contributed by atoms with van der Waals surface area (Å²) in [6, 6.07) is 21.8. The number of hydrogen-bond acceptors (Lipinski definition) is 0. The lowest BCUT2D eigenvalue weighted by atomic mass is 9.80. The van der Waals surface area contributed by atoms with Crippen molar-refractivity contribution in [3.63, 3.8) is 0 Å². The van der Waals surface area contributed by atoms with E-state index >= 15 is 0 Å². The molecule has 1 fully saturated rings. The molecule has 0 heteroatoms. The summed E-state index contributed by atoms with van der Waals surface area (Å²) in [5.41, 5.74) is 2.80. The summed E-state index contributed by atoms with van der Waals surface area (Å²) in [5.74, 6) is 2.29. The molecule has 0 amide bonds. The molecule has 1 aliphatic rings. The monoisotopic (exact) mass is 235 g/mol. The van der Waals surface area contributed by atoms with Gasteiger partial charge in [-0.3, -0.25) is 0 Å². The minimum Gasteiger partial charge on any atom is -0.0622 e. The molecule has 1 aliphatic carbocycles. The van der Waals surface area contributed by atoms with E-state index in [0.717, 1.165) is 5.92 Å². The first-order chi connectivity index (χ1) is 8.95. The van der Waals surface area contributed by atoms with Crippen molar-refractivity contribution < 1.29 is 0 Å². The molecule has 0 aromatic heterocycles. The summed E-state index contributed by atoms with van der Waals surface area (Å²) in [4.78, 5) is 0. The van der Waals surface area contributed by atoms with Crippen LogP contribution in [0.25, 0.3) is 0 Å². The van der Waals surface area contributed by atoms with Crippen LogP contribution in [0.4, 0.5) is 0 Å². The summed E-state index contributed by atoms with van der Waals surface area (Å²) >= 11 is 0. The lowest BCUT2D eigenvalue weighted by Gasteiger charge is -2.23. The van der Waals surface area contributed by atoms with Gasteiger partial charge in [0.15, 0.2) is 0 Å². The van der Waals surface area contributed by atoms with E-state index in [0.29, 0.717) is 0 Å². The van der Waals surface area contributed by atoms with Gasteiger partial charge in [0.05, 0.1) is 0 Å². The molecule has 2 aromatic rings. The van der Waals surface area contributed by atoms with Crippen molar-refractivity contribution in [2.24, 2.45) is 5.92 Å². The topological polar surface area (TPSA) is 0 Å². The lowest BCUT2D eigenvalue weighted by Crippen LogP contribution is -2.12. The Morgan fingerprint density at radius 3 is 1.56 bits per heavy atom. The Hall–Kier alpha value is -1.56. The van der Waals surface area contributed by atoms with Crippen molar-refractivity contribution >= 4 is 0 Å². The van der Waals surface area contributed by atoms with Crippen LogP contribution < -0.4 is 0 Å². The molecule has 1 radical (unpaired) electrons. The Morgan fingerprint density at radius 2 is 1.11 bits per heavy atom. The van der Waals surface area contributed by atoms with Crippen molar-refractivity contribution in [2.45, 2.75) is 25.7 Å². The first kappa shape index (κ1) is 11.5. The molecule has 0 bridgehead atoms. The minimum absolute atomic E-state index is 0.745. The summed E-state index contributed by atoms with van der Waals surface area (Å²) in [6.07, 6.45) is 5.46. The standard InChI is InChI=1S/C18H19/c1-3-9-15(10-4-1)18(17-13-7-8-14-17)16-11-5-2-6-12-16/h1-6,9-12,17H,7-8,13-14H2. The second kappa shape index (κ2) is 5.39. The zero-order chi connectivity index (χ0) is 12.2. The van der Waals surface area contributed by atoms with E-state index in [9.17, 15) is 0 Å². The Bertz CT molecular complexity index is 426. The summed E-state index contributed by atoms with van der Waals surface area (Å²) in [5, 5.41) is 0. The van der Waals surface area contributed by atoms with Crippen LogP contribution in [0.15, 0.2) is 60.7 Å². The van der Waals surface area contributed by atoms with Crippen LogP contribution in [0.2, 0.25) is 0 Å². The molecule has 0 saturated heterocycles. The smallest absolute Gasteiger partial charge is 0.0370 e. The van der Waals surface area contributed by atoms with Gasteiger partial charge in [-0.05, 0) is 29.9 Å². The van der Waals surface area contributed by atoms with E-state index in [1.54, 1.807) is 5.92 Å². The molecule has 0 unspecified atom stereocenters. The van der Waals surface area contributed by atoms with Gasteiger partial charge in [0, 0.05) is 5.92 Å². The highest BCUT2D eigenvalue weighted by Crippen LogP contribution is 2.40. The van der Waals surface area contributed by atoms with Crippen molar-refractivity contribution in [1.29, 1.82) is 0 Å². The van der Waals surface area contributed by atoms with Gasteiger partial charge >= 0.3 is 0 Å². The van der Waals surface area contributed by atoms with Crippen LogP contribution in [0.5, 0.6) is 0 Å². The first-order valence-corrected chi connectivity index (χ1v) is 6.93. The molecule has 0 aliphatic heterocycles. The second-order valence-corrected chi connectivity index (χ2v) is 5.13. The largest absolute Gasteiger partial charge is 0.0622 e. The highest BCUT2D eigenvalue weighted by Gasteiger charge is 2.27. The molecule has 3 rings (SSSR count). The average molecular weight is 235 g/mol. The van der Waals surface area contributed by atoms with Crippen LogP contribution >= 0.6 is 0 Å². The SMILES string of the molecule is c1ccc([C](c2ccccc2)C2CCCC2)cc1. The molecule has 1 saturated carbocycles. The minimum atomic E-state index is 0.745. The third kappa shape index (κ3) is 2.33. The normalized spacial score (nSPS) is 16.3. The number of hydrogen-bond donors (Lipinski definition) is 0. The lowest BCUT2D eigenvalue weighted by molar-refractivity contribution is 0.598. The van der Waals surface area contributed by atoms with Gasteiger partial charge in [0.2, 0.25) is 0 Å². The summed E-state index contributed by atoms with van der Waals surface area (Å²) < 4.78 is 0. The molecular formula is C18H19. The highest BCUT2D eigenvalue weighted by atomic mass is 14.3. The molecular weight excluding hydrogens is 216 g/mol. The van der Waals surface area contributed by atoms with Gasteiger partial charge in [0.1, 0.15) is 0 Å². The van der Waals surface area contributed by atoms with Crippen LogP contribution in [0.3, 0.4) is 0 Å². The van der Waals surface area contributed by atoms with E-state index < -0.39 is 0 Å². The third-order valence-corrected chi connectivity index (χ3v) is 3.93. The maximum atomic E-state index is 2.25. The Balaban J connectivity index is 1.98. The fourth-order valence-electron chi connectivity index (χ4n) is 3.09. The van der Waals surface area contributed by atoms with Gasteiger partial charge in [-0.1, -0.05) is 73.5 Å². The molecule has 0 atom stereocenters. The fraction of sp³-hybridized carbons (Fsp3) is 0.278. The van der Waals surface area contributed by atoms with Crippen LogP contribution in [0, 0.1) is 11.8 Å². The predicted octanol–water partition coefficient (Wildman–Crippen LogP) is 4.85.